The van der Waals surface area contributed by atoms with Crippen LogP contribution in [0.5, 0.6) is 5.75 Å². The van der Waals surface area contributed by atoms with E-state index in [4.69, 9.17) is 16.3 Å². The average molecular weight is 395 g/mol. The summed E-state index contributed by atoms with van der Waals surface area (Å²) >= 11 is 5.81. The maximum Gasteiger partial charge on any atom is 0.258 e. The van der Waals surface area contributed by atoms with Crippen molar-refractivity contribution in [2.45, 2.75) is 6.54 Å². The minimum atomic E-state index is -0.255. The Labute approximate surface area is 168 Å². The van der Waals surface area contributed by atoms with Gasteiger partial charge in [-0.05, 0) is 54.1 Å². The van der Waals surface area contributed by atoms with Gasteiger partial charge in [-0.3, -0.25) is 9.59 Å². The number of halogens is 1. The van der Waals surface area contributed by atoms with Crippen molar-refractivity contribution in [1.29, 1.82) is 0 Å². The SMILES string of the molecule is O=C(COc1ccc(Cl)cc1)NCc1cccc(C(=O)Nc2ccccc2)c1. The first kappa shape index (κ1) is 19.5. The maximum absolute atomic E-state index is 12.4. The van der Waals surface area contributed by atoms with Crippen LogP contribution in [-0.4, -0.2) is 18.4 Å². The Morgan fingerprint density at radius 1 is 0.893 bits per heavy atom. The van der Waals surface area contributed by atoms with Crippen LogP contribution in [0.1, 0.15) is 15.9 Å². The Hall–Kier alpha value is -3.31. The van der Waals surface area contributed by atoms with E-state index in [1.54, 1.807) is 42.5 Å². The molecule has 0 aromatic heterocycles. The lowest BCUT2D eigenvalue weighted by Gasteiger charge is -2.09. The third kappa shape index (κ3) is 5.86. The van der Waals surface area contributed by atoms with Gasteiger partial charge in [0.2, 0.25) is 0 Å². The van der Waals surface area contributed by atoms with Gasteiger partial charge in [0.05, 0.1) is 0 Å². The Kier molecular flexibility index (Phi) is 6.65. The Morgan fingerprint density at radius 2 is 1.64 bits per heavy atom. The minimum absolute atomic E-state index is 0.101. The second-order valence-corrected chi connectivity index (χ2v) is 6.48. The second kappa shape index (κ2) is 9.58. The summed E-state index contributed by atoms with van der Waals surface area (Å²) in [6.07, 6.45) is 0. The molecule has 2 amide bonds. The molecule has 0 fully saturated rings. The van der Waals surface area contributed by atoms with Gasteiger partial charge in [-0.15, -0.1) is 0 Å². The van der Waals surface area contributed by atoms with Gasteiger partial charge in [0.25, 0.3) is 11.8 Å². The predicted molar refractivity (Wildman–Crippen MR) is 110 cm³/mol. The van der Waals surface area contributed by atoms with E-state index in [1.807, 2.05) is 36.4 Å². The zero-order valence-corrected chi connectivity index (χ0v) is 15.8. The van der Waals surface area contributed by atoms with E-state index in [0.29, 0.717) is 22.9 Å². The van der Waals surface area contributed by atoms with Crippen LogP contribution in [0.2, 0.25) is 5.02 Å². The van der Waals surface area contributed by atoms with Crippen LogP contribution in [0.4, 0.5) is 5.69 Å². The highest BCUT2D eigenvalue weighted by Crippen LogP contribution is 2.15. The third-order valence-corrected chi connectivity index (χ3v) is 4.15. The molecule has 0 atom stereocenters. The third-order valence-electron chi connectivity index (χ3n) is 3.89. The molecule has 28 heavy (non-hydrogen) atoms. The zero-order chi connectivity index (χ0) is 19.8. The number of nitrogens with one attached hydrogen (secondary N) is 2. The number of carbonyl (C=O) groups is 2. The summed E-state index contributed by atoms with van der Waals surface area (Å²) in [4.78, 5) is 24.3. The quantitative estimate of drug-likeness (QED) is 0.628. The molecule has 0 unspecified atom stereocenters. The normalized spacial score (nSPS) is 10.2. The molecule has 0 aliphatic rings. The molecule has 0 saturated carbocycles. The number of rotatable bonds is 7. The topological polar surface area (TPSA) is 67.4 Å². The molecule has 0 saturated heterocycles. The van der Waals surface area contributed by atoms with Gasteiger partial charge in [0.1, 0.15) is 5.75 Å². The highest BCUT2D eigenvalue weighted by atomic mass is 35.5. The Balaban J connectivity index is 1.50. The molecular formula is C22H19ClN2O3. The highest BCUT2D eigenvalue weighted by Gasteiger charge is 2.08. The van der Waals surface area contributed by atoms with Crippen LogP contribution in [0.3, 0.4) is 0 Å². The smallest absolute Gasteiger partial charge is 0.258 e. The van der Waals surface area contributed by atoms with Crippen molar-refractivity contribution in [2.75, 3.05) is 11.9 Å². The van der Waals surface area contributed by atoms with Crippen LogP contribution in [-0.2, 0) is 11.3 Å². The van der Waals surface area contributed by atoms with Crippen LogP contribution in [0.15, 0.2) is 78.9 Å². The van der Waals surface area contributed by atoms with Crippen LogP contribution in [0.25, 0.3) is 0 Å². The van der Waals surface area contributed by atoms with E-state index >= 15 is 0 Å². The number of amides is 2. The molecule has 0 heterocycles. The first-order valence-corrected chi connectivity index (χ1v) is 9.08. The fraction of sp³-hybridized carbons (Fsp3) is 0.0909. The summed E-state index contributed by atoms with van der Waals surface area (Å²) in [5.74, 6) is 0.110. The first-order chi connectivity index (χ1) is 13.6. The van der Waals surface area contributed by atoms with E-state index in [-0.39, 0.29) is 18.4 Å². The summed E-state index contributed by atoms with van der Waals surface area (Å²) in [5, 5.41) is 6.22. The Bertz CT molecular complexity index is 944. The standard InChI is InChI=1S/C22H19ClN2O3/c23-18-9-11-20(12-10-18)28-15-21(26)24-14-16-5-4-6-17(13-16)22(27)25-19-7-2-1-3-8-19/h1-13H,14-15H2,(H,24,26)(H,25,27). The van der Waals surface area contributed by atoms with E-state index < -0.39 is 0 Å². The molecule has 142 valence electrons. The molecule has 0 spiro atoms. The molecule has 6 heteroatoms. The number of anilines is 1. The predicted octanol–water partition coefficient (Wildman–Crippen LogP) is 4.29. The number of para-hydroxylation sites is 1. The van der Waals surface area contributed by atoms with E-state index in [0.717, 1.165) is 11.3 Å². The zero-order valence-electron chi connectivity index (χ0n) is 15.0. The largest absolute Gasteiger partial charge is 0.484 e. The lowest BCUT2D eigenvalue weighted by molar-refractivity contribution is -0.123. The lowest BCUT2D eigenvalue weighted by Crippen LogP contribution is -2.28. The molecule has 0 aliphatic heterocycles. The molecule has 0 aliphatic carbocycles. The Morgan fingerprint density at radius 3 is 2.39 bits per heavy atom. The molecule has 5 nitrogen and oxygen atoms in total. The molecule has 3 rings (SSSR count). The van der Waals surface area contributed by atoms with Crippen LogP contribution < -0.4 is 15.4 Å². The monoisotopic (exact) mass is 394 g/mol. The van der Waals surface area contributed by atoms with Gasteiger partial charge in [-0.2, -0.15) is 0 Å². The maximum atomic E-state index is 12.4. The highest BCUT2D eigenvalue weighted by molar-refractivity contribution is 6.30. The molecule has 3 aromatic rings. The van der Waals surface area contributed by atoms with Gasteiger partial charge in [0.15, 0.2) is 6.61 Å². The summed E-state index contributed by atoms with van der Waals surface area (Å²) in [6, 6.07) is 23.1. The summed E-state index contributed by atoms with van der Waals surface area (Å²) in [6.45, 7) is 0.199. The summed E-state index contributed by atoms with van der Waals surface area (Å²) in [5.41, 5.74) is 2.07. The van der Waals surface area contributed by atoms with Crippen molar-refractivity contribution >= 4 is 29.1 Å². The summed E-state index contributed by atoms with van der Waals surface area (Å²) in [7, 11) is 0. The van der Waals surface area contributed by atoms with Crippen molar-refractivity contribution in [3.8, 4) is 5.75 Å². The van der Waals surface area contributed by atoms with Gasteiger partial charge in [0, 0.05) is 22.8 Å². The van der Waals surface area contributed by atoms with Crippen molar-refractivity contribution in [1.82, 2.24) is 5.32 Å². The van der Waals surface area contributed by atoms with Crippen molar-refractivity contribution in [3.05, 3.63) is 95.0 Å². The average Bonchev–Trinajstić information content (AvgIpc) is 2.73. The van der Waals surface area contributed by atoms with Crippen molar-refractivity contribution in [3.63, 3.8) is 0 Å². The number of carbonyl (C=O) groups excluding carboxylic acids is 2. The van der Waals surface area contributed by atoms with Gasteiger partial charge in [-0.25, -0.2) is 0 Å². The van der Waals surface area contributed by atoms with E-state index in [2.05, 4.69) is 10.6 Å². The fourth-order valence-corrected chi connectivity index (χ4v) is 2.60. The first-order valence-electron chi connectivity index (χ1n) is 8.70. The van der Waals surface area contributed by atoms with Crippen LogP contribution in [0, 0.1) is 0 Å². The minimum Gasteiger partial charge on any atom is -0.484 e. The van der Waals surface area contributed by atoms with E-state index in [1.165, 1.54) is 0 Å². The van der Waals surface area contributed by atoms with Crippen molar-refractivity contribution < 1.29 is 14.3 Å². The van der Waals surface area contributed by atoms with Crippen molar-refractivity contribution in [2.24, 2.45) is 0 Å². The molecule has 0 bridgehead atoms. The summed E-state index contributed by atoms with van der Waals surface area (Å²) < 4.78 is 5.40. The second-order valence-electron chi connectivity index (χ2n) is 6.04. The van der Waals surface area contributed by atoms with Crippen LogP contribution >= 0.6 is 11.6 Å². The molecule has 2 N–H and O–H groups in total. The van der Waals surface area contributed by atoms with Gasteiger partial charge in [-0.1, -0.05) is 41.9 Å². The number of hydrogen-bond acceptors (Lipinski definition) is 3. The van der Waals surface area contributed by atoms with E-state index in [9.17, 15) is 9.59 Å². The number of hydrogen-bond donors (Lipinski definition) is 2. The molecule has 0 radical (unpaired) electrons. The molecular weight excluding hydrogens is 376 g/mol. The number of benzene rings is 3. The lowest BCUT2D eigenvalue weighted by atomic mass is 10.1. The number of ether oxygens (including phenoxy) is 1. The molecule has 3 aromatic carbocycles. The fourth-order valence-electron chi connectivity index (χ4n) is 2.48. The van der Waals surface area contributed by atoms with Gasteiger partial charge < -0.3 is 15.4 Å². The van der Waals surface area contributed by atoms with Gasteiger partial charge >= 0.3 is 0 Å².